The Bertz CT molecular complexity index is 1400. The van der Waals surface area contributed by atoms with Crippen LogP contribution in [-0.2, 0) is 44.8 Å². The number of benzene rings is 1. The van der Waals surface area contributed by atoms with Crippen LogP contribution in [-0.4, -0.2) is 85.7 Å². The minimum Gasteiger partial charge on any atom is -0.461 e. The summed E-state index contributed by atoms with van der Waals surface area (Å²) in [6, 6.07) is 1.30. The van der Waals surface area contributed by atoms with Crippen molar-refractivity contribution in [2.75, 3.05) is 31.6 Å². The molecule has 0 spiro atoms. The number of amides is 7. The number of ketones is 1. The number of rotatable bonds is 23. The minimum atomic E-state index is -1.16. The van der Waals surface area contributed by atoms with Gasteiger partial charge in [-0.1, -0.05) is 47.6 Å². The Kier molecular flexibility index (Phi) is 19.5. The number of urea groups is 1. The molecule has 0 saturated heterocycles. The molecule has 0 saturated carbocycles. The highest BCUT2D eigenvalue weighted by molar-refractivity contribution is 6.01. The van der Waals surface area contributed by atoms with Crippen LogP contribution in [0.25, 0.3) is 0 Å². The summed E-state index contributed by atoms with van der Waals surface area (Å²) in [5.74, 6) is -4.65. The lowest BCUT2D eigenvalue weighted by atomic mass is 10.0. The van der Waals surface area contributed by atoms with E-state index in [2.05, 4.69) is 26.6 Å². The van der Waals surface area contributed by atoms with Gasteiger partial charge in [0.2, 0.25) is 23.6 Å². The topological polar surface area (TPSA) is 267 Å². The smallest absolute Gasteiger partial charge is 0.312 e. The van der Waals surface area contributed by atoms with E-state index in [1.807, 2.05) is 0 Å². The quantitative estimate of drug-likeness (QED) is 0.0613. The molecule has 0 aliphatic heterocycles. The maximum absolute atomic E-state index is 13.6. The lowest BCUT2D eigenvalue weighted by Crippen LogP contribution is -2.54. The van der Waals surface area contributed by atoms with E-state index < -0.39 is 66.1 Å². The minimum absolute atomic E-state index is 0.00469. The van der Waals surface area contributed by atoms with Crippen molar-refractivity contribution >= 4 is 53.0 Å². The molecule has 0 aliphatic carbocycles. The predicted molar refractivity (Wildman–Crippen MR) is 187 cm³/mol. The lowest BCUT2D eigenvalue weighted by molar-refractivity contribution is -0.148. The van der Waals surface area contributed by atoms with Crippen molar-refractivity contribution in [1.29, 1.82) is 0 Å². The second kappa shape index (κ2) is 22.6. The molecule has 0 heterocycles. The number of hydrogen-bond acceptors (Lipinski definition) is 10. The van der Waals surface area contributed by atoms with Gasteiger partial charge in [-0.15, -0.1) is 0 Å². The molecule has 17 heteroatoms. The summed E-state index contributed by atoms with van der Waals surface area (Å²) in [6.07, 6.45) is 0.458. The highest BCUT2D eigenvalue weighted by Crippen LogP contribution is 2.19. The number of anilines is 1. The first kappa shape index (κ1) is 44.0. The van der Waals surface area contributed by atoms with Gasteiger partial charge in [0.15, 0.2) is 0 Å². The van der Waals surface area contributed by atoms with Crippen LogP contribution >= 0.6 is 0 Å². The standard InChI is InChI=1S/C34H53N7O10/c1-19(2)26(42)11-14-50-15-12-28(44)41-29(20(3)4)32(47)40-25(8-7-13-37-34(36)49)31(46)39-23-10-9-22(18-51-33(48)21(5)6)24(16-23)30(45)38-17-27(35)43/h9-10,16,19-21,25,29H,7-8,11-15,17-18H2,1-6H3,(H2,35,43)(H,38,45)(H,39,46)(H,40,47)(H,41,44)(H3,36,37,49)/t25-,29-/m0/s1. The van der Waals surface area contributed by atoms with Crippen LogP contribution in [0, 0.1) is 17.8 Å². The number of ether oxygens (including phenoxy) is 2. The van der Waals surface area contributed by atoms with Crippen molar-refractivity contribution in [2.24, 2.45) is 29.2 Å². The van der Waals surface area contributed by atoms with Gasteiger partial charge in [0.25, 0.3) is 5.91 Å². The zero-order valence-corrected chi connectivity index (χ0v) is 30.2. The fourth-order valence-corrected chi connectivity index (χ4v) is 4.36. The van der Waals surface area contributed by atoms with Gasteiger partial charge in [-0.25, -0.2) is 4.79 Å². The van der Waals surface area contributed by atoms with Gasteiger partial charge in [-0.2, -0.15) is 0 Å². The van der Waals surface area contributed by atoms with E-state index in [-0.39, 0.29) is 86.5 Å². The molecular formula is C34H53N7O10. The van der Waals surface area contributed by atoms with E-state index in [1.54, 1.807) is 41.5 Å². The van der Waals surface area contributed by atoms with E-state index in [9.17, 15) is 38.4 Å². The summed E-state index contributed by atoms with van der Waals surface area (Å²) >= 11 is 0. The predicted octanol–water partition coefficient (Wildman–Crippen LogP) is 0.635. The Labute approximate surface area is 298 Å². The number of primary amides is 2. The van der Waals surface area contributed by atoms with E-state index in [0.717, 1.165) is 0 Å². The van der Waals surface area contributed by atoms with Crippen molar-refractivity contribution in [3.05, 3.63) is 29.3 Å². The fraction of sp³-hybridized carbons (Fsp3) is 0.588. The van der Waals surface area contributed by atoms with Gasteiger partial charge in [-0.3, -0.25) is 33.6 Å². The zero-order chi connectivity index (χ0) is 38.7. The van der Waals surface area contributed by atoms with Gasteiger partial charge in [0, 0.05) is 42.1 Å². The van der Waals surface area contributed by atoms with E-state index in [0.29, 0.717) is 0 Å². The van der Waals surface area contributed by atoms with Gasteiger partial charge in [-0.05, 0) is 30.9 Å². The third-order valence-electron chi connectivity index (χ3n) is 7.36. The Morgan fingerprint density at radius 2 is 1.47 bits per heavy atom. The molecule has 9 N–H and O–H groups in total. The third kappa shape index (κ3) is 17.4. The summed E-state index contributed by atoms with van der Waals surface area (Å²) in [6.45, 7) is 9.91. The molecule has 1 rings (SSSR count). The van der Waals surface area contributed by atoms with Gasteiger partial charge in [0.1, 0.15) is 24.5 Å². The molecule has 0 aromatic heterocycles. The largest absolute Gasteiger partial charge is 0.461 e. The molecule has 0 bridgehead atoms. The Balaban J connectivity index is 3.14. The van der Waals surface area contributed by atoms with Crippen LogP contribution in [0.1, 0.15) is 83.1 Å². The summed E-state index contributed by atoms with van der Waals surface area (Å²) < 4.78 is 10.7. The highest BCUT2D eigenvalue weighted by Gasteiger charge is 2.29. The first-order valence-electron chi connectivity index (χ1n) is 16.8. The summed E-state index contributed by atoms with van der Waals surface area (Å²) in [5, 5.41) is 12.8. The van der Waals surface area contributed by atoms with Gasteiger partial charge < -0.3 is 47.5 Å². The average molecular weight is 720 g/mol. The van der Waals surface area contributed by atoms with Crippen LogP contribution in [0.15, 0.2) is 18.2 Å². The molecule has 0 fully saturated rings. The fourth-order valence-electron chi connectivity index (χ4n) is 4.36. The number of carbonyl (C=O) groups excluding carboxylic acids is 8. The summed E-state index contributed by atoms with van der Waals surface area (Å²) in [7, 11) is 0. The Morgan fingerprint density at radius 1 is 0.804 bits per heavy atom. The Morgan fingerprint density at radius 3 is 2.06 bits per heavy atom. The number of nitrogens with two attached hydrogens (primary N) is 2. The van der Waals surface area contributed by atoms with Gasteiger partial charge in [0.05, 0.1) is 25.7 Å². The zero-order valence-electron chi connectivity index (χ0n) is 30.2. The van der Waals surface area contributed by atoms with Crippen LogP contribution < -0.4 is 38.1 Å². The molecule has 51 heavy (non-hydrogen) atoms. The molecule has 0 radical (unpaired) electrons. The van der Waals surface area contributed by atoms with Crippen molar-refractivity contribution in [3.8, 4) is 0 Å². The van der Waals surface area contributed by atoms with Crippen LogP contribution in [0.4, 0.5) is 10.5 Å². The molecule has 17 nitrogen and oxygen atoms in total. The number of Topliss-reactive ketones (excluding diaryl/α,β-unsaturated/α-hetero) is 1. The second-order valence-electron chi connectivity index (χ2n) is 12.8. The van der Waals surface area contributed by atoms with E-state index >= 15 is 0 Å². The molecule has 2 atom stereocenters. The maximum atomic E-state index is 13.6. The molecule has 0 unspecified atom stereocenters. The first-order valence-corrected chi connectivity index (χ1v) is 16.8. The normalized spacial score (nSPS) is 12.1. The van der Waals surface area contributed by atoms with Crippen LogP contribution in [0.3, 0.4) is 0 Å². The average Bonchev–Trinajstić information content (AvgIpc) is 3.05. The van der Waals surface area contributed by atoms with Crippen molar-refractivity contribution in [2.45, 2.75) is 85.9 Å². The highest BCUT2D eigenvalue weighted by atomic mass is 16.5. The summed E-state index contributed by atoms with van der Waals surface area (Å²) in [4.78, 5) is 98.8. The van der Waals surface area contributed by atoms with Crippen LogP contribution in [0.5, 0.6) is 0 Å². The van der Waals surface area contributed by atoms with Crippen molar-refractivity contribution in [1.82, 2.24) is 21.3 Å². The van der Waals surface area contributed by atoms with Crippen molar-refractivity contribution < 1.29 is 47.8 Å². The van der Waals surface area contributed by atoms with Crippen LogP contribution in [0.2, 0.25) is 0 Å². The monoisotopic (exact) mass is 719 g/mol. The molecule has 1 aromatic rings. The first-order chi connectivity index (χ1) is 23.9. The maximum Gasteiger partial charge on any atom is 0.312 e. The van der Waals surface area contributed by atoms with Crippen molar-refractivity contribution in [3.63, 3.8) is 0 Å². The molecule has 1 aromatic carbocycles. The number of esters is 1. The Hall–Kier alpha value is -5.06. The number of carbonyl (C=O) groups is 8. The molecule has 0 aliphatic rings. The van der Waals surface area contributed by atoms with E-state index in [1.165, 1.54) is 18.2 Å². The molecule has 284 valence electrons. The second-order valence-corrected chi connectivity index (χ2v) is 12.8. The third-order valence-corrected chi connectivity index (χ3v) is 7.36. The molecule has 7 amide bonds. The molecular weight excluding hydrogens is 666 g/mol. The van der Waals surface area contributed by atoms with Gasteiger partial charge >= 0.3 is 12.0 Å². The lowest BCUT2D eigenvalue weighted by Gasteiger charge is -2.25. The number of nitrogens with one attached hydrogen (secondary N) is 5. The SMILES string of the molecule is CC(C)C(=O)CCOCCC(=O)N[C@H](C(=O)N[C@@H](CCCNC(N)=O)C(=O)Nc1ccc(COC(=O)C(C)C)c(C(=O)NCC(N)=O)c1)C(C)C. The van der Waals surface area contributed by atoms with E-state index in [4.69, 9.17) is 20.9 Å². The number of hydrogen-bond donors (Lipinski definition) is 7. The summed E-state index contributed by atoms with van der Waals surface area (Å²) in [5.41, 5.74) is 10.7.